The minimum atomic E-state index is -3.48. The van der Waals surface area contributed by atoms with Crippen LogP contribution in [0.25, 0.3) is 55.2 Å². The van der Waals surface area contributed by atoms with Crippen molar-refractivity contribution in [3.05, 3.63) is 89.9 Å². The second kappa shape index (κ2) is 25.8. The third-order valence-electron chi connectivity index (χ3n) is 12.6. The van der Waals surface area contributed by atoms with Gasteiger partial charge in [0.1, 0.15) is 83.4 Å². The lowest BCUT2D eigenvalue weighted by Crippen LogP contribution is -2.44. The van der Waals surface area contributed by atoms with Gasteiger partial charge < -0.3 is 40.0 Å². The van der Waals surface area contributed by atoms with Crippen LogP contribution in [0.15, 0.2) is 62.6 Å². The number of fused-ring (bicyclic) bond motifs is 5. The summed E-state index contributed by atoms with van der Waals surface area (Å²) in [5.74, 6) is 0.726. The lowest BCUT2D eigenvalue weighted by Gasteiger charge is -2.23. The Morgan fingerprint density at radius 2 is 0.905 bits per heavy atom. The molecule has 0 radical (unpaired) electrons. The van der Waals surface area contributed by atoms with Crippen LogP contribution < -0.4 is 37.3 Å². The van der Waals surface area contributed by atoms with Crippen LogP contribution in [0, 0.1) is 23.0 Å². The Hall–Kier alpha value is -8.15. The molecule has 0 aromatic carbocycles. The molecule has 0 atom stereocenters. The summed E-state index contributed by atoms with van der Waals surface area (Å²) in [5, 5.41) is 14.0. The molecule has 0 spiro atoms. The number of hydrazine groups is 2. The summed E-state index contributed by atoms with van der Waals surface area (Å²) in [6, 6.07) is 3.01. The minimum absolute atomic E-state index is 0.00498. The molecule has 1 aliphatic carbocycles. The molecule has 9 N–H and O–H groups in total. The van der Waals surface area contributed by atoms with Crippen molar-refractivity contribution in [3.63, 3.8) is 0 Å². The van der Waals surface area contributed by atoms with Crippen molar-refractivity contribution < 1.29 is 25.6 Å². The third kappa shape index (κ3) is 14.2. The largest absolute Gasteiger partial charge is 0.383 e. The van der Waals surface area contributed by atoms with Crippen LogP contribution in [0.4, 0.5) is 37.9 Å². The Balaban J connectivity index is 0.000000152. The summed E-state index contributed by atoms with van der Waals surface area (Å²) in [5.41, 5.74) is 23.2. The number of aromatic nitrogens is 15. The van der Waals surface area contributed by atoms with Crippen molar-refractivity contribution in [1.82, 2.24) is 82.3 Å². The number of nitrogens with zero attached hydrogens (tertiary/aromatic N) is 17. The highest BCUT2D eigenvalue weighted by Gasteiger charge is 2.35. The minimum Gasteiger partial charge on any atom is -0.383 e. The maximum Gasteiger partial charge on any atom is 0.225 e. The van der Waals surface area contributed by atoms with Gasteiger partial charge in [-0.05, 0) is 82.1 Å². The van der Waals surface area contributed by atoms with Gasteiger partial charge in [0.25, 0.3) is 0 Å². The zero-order valence-electron chi connectivity index (χ0n) is 47.9. The quantitative estimate of drug-likeness (QED) is 0.0623. The average molecular weight is 1240 g/mol. The Morgan fingerprint density at radius 3 is 1.36 bits per heavy atom. The molecule has 10 aromatic rings. The van der Waals surface area contributed by atoms with Crippen LogP contribution >= 0.6 is 23.2 Å². The molecule has 84 heavy (non-hydrogen) atoms. The Morgan fingerprint density at radius 1 is 0.536 bits per heavy atom. The lowest BCUT2D eigenvalue weighted by molar-refractivity contribution is 0.578. The molecule has 11 rings (SSSR count). The first-order valence-corrected chi connectivity index (χ1v) is 30.5. The highest BCUT2D eigenvalue weighted by Crippen LogP contribution is 2.36. The van der Waals surface area contributed by atoms with Crippen LogP contribution in [0.1, 0.15) is 118 Å². The molecule has 33 heteroatoms. The number of halogens is 4. The van der Waals surface area contributed by atoms with Crippen LogP contribution in [-0.4, -0.2) is 108 Å². The van der Waals surface area contributed by atoms with Crippen molar-refractivity contribution in [3.8, 4) is 6.07 Å². The van der Waals surface area contributed by atoms with E-state index in [0.717, 1.165) is 36.4 Å². The van der Waals surface area contributed by atoms with Gasteiger partial charge in [0.2, 0.25) is 20.0 Å². The van der Waals surface area contributed by atoms with E-state index >= 15 is 0 Å². The number of nitrogen functional groups attached to an aromatic ring is 3. The summed E-state index contributed by atoms with van der Waals surface area (Å²) < 4.78 is 82.4. The SMILES string of the molecule is CC(C)n1cc(C#N)c2c(N)ncnc21.CC(C)n1cc(Cl)c2c(N)ncnc21.CC(C)n1cc(Cl)c2c(NNS(C)(=O)=O)ncnc21.CC(C)n1cc(F)c2c(N(NS(C)(=O)=O)C3CC3)ncnc21.CC(C)n1cc(F)c2c(N)ncnc21. The first kappa shape index (κ1) is 63.4. The third-order valence-corrected chi connectivity index (χ3v) is 14.2. The fourth-order valence-electron chi connectivity index (χ4n) is 8.57. The van der Waals surface area contributed by atoms with Gasteiger partial charge in [-0.3, -0.25) is 10.4 Å². The second-order valence-corrected chi connectivity index (χ2v) is 25.0. The van der Waals surface area contributed by atoms with Crippen LogP contribution in [0.5, 0.6) is 0 Å². The molecule has 448 valence electrons. The second-order valence-electron chi connectivity index (χ2n) is 20.7. The summed E-state index contributed by atoms with van der Waals surface area (Å²) in [4.78, 5) is 44.9. The van der Waals surface area contributed by atoms with Gasteiger partial charge in [0.15, 0.2) is 23.3 Å². The molecular weight excluding hydrogens is 1170 g/mol. The fraction of sp³-hybridized carbons (Fsp3) is 0.392. The molecule has 10 aromatic heterocycles. The van der Waals surface area contributed by atoms with E-state index in [4.69, 9.17) is 45.7 Å². The molecular formula is C51H65Cl2F2N23O4S2. The predicted molar refractivity (Wildman–Crippen MR) is 323 cm³/mol. The van der Waals surface area contributed by atoms with Crippen molar-refractivity contribution in [2.24, 2.45) is 0 Å². The van der Waals surface area contributed by atoms with E-state index in [2.05, 4.69) is 84.8 Å². The van der Waals surface area contributed by atoms with Crippen molar-refractivity contribution in [2.45, 2.75) is 118 Å². The number of hydrogen-bond acceptors (Lipinski definition) is 20. The van der Waals surface area contributed by atoms with Crippen molar-refractivity contribution in [1.29, 1.82) is 5.26 Å². The fourth-order valence-corrected chi connectivity index (χ4v) is 10.0. The monoisotopic (exact) mass is 1240 g/mol. The zero-order chi connectivity index (χ0) is 61.9. The van der Waals surface area contributed by atoms with E-state index in [0.29, 0.717) is 77.9 Å². The van der Waals surface area contributed by atoms with Gasteiger partial charge in [0.05, 0.1) is 55.1 Å². The standard InChI is InChI=1S/C13H18FN5O2S.C10H14ClN5O2S.C10H11N5.C9H11ClN4.C9H11FN4/c1-8(2)18-6-10(14)11-12(18)15-7-16-13(11)19(9-4-5-9)17-22(3,20)21;1-6(2)16-4-7(11)8-9(12-5-13-10(8)16)14-15-19(3,17)18;1-6(2)15-4-7(3-11)8-9(12)13-5-14-10(8)15;2*1-5(2)14-3-6(10)7-8(11)12-4-13-9(7)14/h6-9,17H,4-5H2,1-3H3;4-6,15H,1-3H3,(H,12,13,14);4-6H,1-2H3,(H2,12,13,14);2*3-5H,1-2H3,(H2,11,12,13). The summed E-state index contributed by atoms with van der Waals surface area (Å²) in [6.45, 7) is 19.9. The first-order chi connectivity index (χ1) is 39.4. The molecule has 0 amide bonds. The maximum atomic E-state index is 14.4. The first-order valence-electron chi connectivity index (χ1n) is 26.0. The summed E-state index contributed by atoms with van der Waals surface area (Å²) in [7, 11) is -6.87. The predicted octanol–water partition coefficient (Wildman–Crippen LogP) is 8.57. The van der Waals surface area contributed by atoms with Crippen molar-refractivity contribution >= 4 is 128 Å². The zero-order valence-corrected chi connectivity index (χ0v) is 51.1. The summed E-state index contributed by atoms with van der Waals surface area (Å²) >= 11 is 12.2. The van der Waals surface area contributed by atoms with Gasteiger partial charge in [-0.15, -0.1) is 9.66 Å². The smallest absolute Gasteiger partial charge is 0.225 e. The van der Waals surface area contributed by atoms with E-state index in [1.165, 1.54) is 49.0 Å². The molecule has 0 aliphatic heterocycles. The van der Waals surface area contributed by atoms with Gasteiger partial charge in [-0.1, -0.05) is 23.2 Å². The number of anilines is 5. The number of nitrogens with two attached hydrogens (primary N) is 3. The van der Waals surface area contributed by atoms with Gasteiger partial charge in [0, 0.05) is 67.2 Å². The van der Waals surface area contributed by atoms with E-state index in [1.54, 1.807) is 21.5 Å². The number of hydrogen-bond donors (Lipinski definition) is 6. The van der Waals surface area contributed by atoms with E-state index in [9.17, 15) is 25.6 Å². The van der Waals surface area contributed by atoms with Gasteiger partial charge in [-0.2, -0.15) is 5.26 Å². The Bertz CT molecular complexity index is 4190. The molecule has 10 heterocycles. The number of sulfonamides is 2. The Labute approximate surface area is 492 Å². The molecule has 1 aliphatic rings. The van der Waals surface area contributed by atoms with Crippen molar-refractivity contribution in [2.75, 3.05) is 40.1 Å². The average Bonchev–Trinajstić information content (AvgIpc) is 3.66. The van der Waals surface area contributed by atoms with Crippen LogP contribution in [0.2, 0.25) is 10.0 Å². The molecule has 0 bridgehead atoms. The summed E-state index contributed by atoms with van der Waals surface area (Å²) in [6.07, 6.45) is 18.8. The van der Waals surface area contributed by atoms with E-state index in [1.807, 2.05) is 75.3 Å². The van der Waals surface area contributed by atoms with Crippen LogP contribution in [0.3, 0.4) is 0 Å². The molecule has 0 unspecified atom stereocenters. The topological polar surface area (TPSA) is 363 Å². The van der Waals surface area contributed by atoms with E-state index in [-0.39, 0.29) is 53.0 Å². The Kier molecular flexibility index (Phi) is 19.5. The number of rotatable bonds is 12. The normalized spacial score (nSPS) is 12.6. The lowest BCUT2D eigenvalue weighted by atomic mass is 10.2. The van der Waals surface area contributed by atoms with Gasteiger partial charge in [-0.25, -0.2) is 75.5 Å². The van der Waals surface area contributed by atoms with E-state index < -0.39 is 25.9 Å². The molecule has 0 saturated heterocycles. The highest BCUT2D eigenvalue weighted by molar-refractivity contribution is 7.89. The number of nitriles is 1. The van der Waals surface area contributed by atoms with Gasteiger partial charge >= 0.3 is 0 Å². The molecule has 1 fully saturated rings. The van der Waals surface area contributed by atoms with Crippen LogP contribution in [-0.2, 0) is 20.0 Å². The highest BCUT2D eigenvalue weighted by atomic mass is 35.5. The number of nitrogens with one attached hydrogen (secondary N) is 3. The maximum absolute atomic E-state index is 14.4. The molecule has 27 nitrogen and oxygen atoms in total. The molecule has 1 saturated carbocycles.